The Morgan fingerprint density at radius 2 is 0.714 bits per heavy atom. The third kappa shape index (κ3) is 18.9. The summed E-state index contributed by atoms with van der Waals surface area (Å²) in [4.78, 5) is 0. The maximum absolute atomic E-state index is 15.2. The van der Waals surface area contributed by atoms with Crippen molar-refractivity contribution in [3.63, 3.8) is 0 Å². The zero-order valence-electron chi connectivity index (χ0n) is 40.5. The second-order valence-corrected chi connectivity index (χ2v) is 17.2. The molecule has 29 heteroatoms. The zero-order valence-corrected chi connectivity index (χ0v) is 40.5. The highest BCUT2D eigenvalue weighted by atomic mass is 19.4. The van der Waals surface area contributed by atoms with Gasteiger partial charge in [0.1, 0.15) is 23.3 Å². The molecule has 1 unspecified atom stereocenters. The lowest BCUT2D eigenvalue weighted by Gasteiger charge is -2.44. The quantitative estimate of drug-likeness (QED) is 0.0308. The summed E-state index contributed by atoms with van der Waals surface area (Å²) in [5.41, 5.74) is -16.1. The molecular formula is C48H46BF24NO3. The van der Waals surface area contributed by atoms with E-state index in [9.17, 15) is 92.2 Å². The summed E-state index contributed by atoms with van der Waals surface area (Å²) in [5, 5.41) is 0. The Bertz CT molecular complexity index is 2340. The van der Waals surface area contributed by atoms with Crippen LogP contribution in [-0.4, -0.2) is 31.4 Å². The van der Waals surface area contributed by atoms with Crippen molar-refractivity contribution in [3.8, 4) is 17.2 Å². The fraction of sp³-hybridized carbons (Fsp3) is 0.500. The molecule has 4 aromatic rings. The largest absolute Gasteiger partial charge is 0.864 e. The molecule has 0 spiro atoms. The van der Waals surface area contributed by atoms with Crippen LogP contribution in [0.4, 0.5) is 105 Å². The van der Waals surface area contributed by atoms with Gasteiger partial charge in [-0.15, -0.1) is 6.07 Å². The normalized spacial score (nSPS) is 13.7. The van der Waals surface area contributed by atoms with Crippen molar-refractivity contribution in [1.29, 1.82) is 0 Å². The van der Waals surface area contributed by atoms with Gasteiger partial charge in [-0.05, 0) is 75.7 Å². The first-order chi connectivity index (χ1) is 35.0. The van der Waals surface area contributed by atoms with Crippen LogP contribution in [0.2, 0.25) is 0 Å². The second-order valence-electron chi connectivity index (χ2n) is 17.2. The molecule has 0 amide bonds. The summed E-state index contributed by atoms with van der Waals surface area (Å²) in [6.07, 6.45) is -38.7. The predicted molar refractivity (Wildman–Crippen MR) is 229 cm³/mol. The molecule has 432 valence electrons. The summed E-state index contributed by atoms with van der Waals surface area (Å²) in [5.74, 6) is -4.59. The first-order valence-electron chi connectivity index (χ1n) is 22.9. The number of halogens is 24. The summed E-state index contributed by atoms with van der Waals surface area (Å²) in [6, 6.07) is -0.282. The van der Waals surface area contributed by atoms with E-state index in [0.29, 0.717) is 25.0 Å². The van der Waals surface area contributed by atoms with E-state index in [1.165, 1.54) is 0 Å². The molecule has 0 saturated carbocycles. The molecule has 0 aromatic heterocycles. The molecule has 0 radical (unpaired) electrons. The van der Waals surface area contributed by atoms with Gasteiger partial charge in [0.2, 0.25) is 0 Å². The molecular weight excluding hydrogens is 1110 g/mol. The minimum atomic E-state index is -5.64. The Balaban J connectivity index is 0.000000961. The monoisotopic (exact) mass is 1150 g/mol. The Morgan fingerprint density at radius 1 is 0.390 bits per heavy atom. The molecule has 0 bridgehead atoms. The lowest BCUT2D eigenvalue weighted by molar-refractivity contribution is -0.953. The standard InChI is InChI=1S/C40H43BF18NO3.C8H3F6/c1-5-9-10-11-12-13-14-15-32(60(6-2,7-3)8-4)34-31(40(57,58)59)22-28(39(54,55)56)23-33(34)63-41(61-29-18-24(35(42,43)44)16-25(19-29)36(45,46)47)62-30-20-26(37(48,49)50)17-27(21-30)38(51,52)53;9-7(10,11)5-2-1-3-6(4-5)8(12,13)14/h16-23,32H,5-15H2,1-4H3;2-4H/q+1;-1. The van der Waals surface area contributed by atoms with Crippen LogP contribution in [0.3, 0.4) is 0 Å². The summed E-state index contributed by atoms with van der Waals surface area (Å²) < 4.78 is 342. The smallest absolute Gasteiger partial charge is 0.490 e. The van der Waals surface area contributed by atoms with Crippen molar-refractivity contribution in [2.24, 2.45) is 0 Å². The van der Waals surface area contributed by atoms with Crippen molar-refractivity contribution < 1.29 is 124 Å². The summed E-state index contributed by atoms with van der Waals surface area (Å²) in [6.45, 7) is 6.77. The highest BCUT2D eigenvalue weighted by Gasteiger charge is 2.48. The maximum Gasteiger partial charge on any atom is 0.864 e. The van der Waals surface area contributed by atoms with Gasteiger partial charge in [-0.3, -0.25) is 0 Å². The maximum atomic E-state index is 15.2. The fourth-order valence-electron chi connectivity index (χ4n) is 7.97. The van der Waals surface area contributed by atoms with E-state index in [4.69, 9.17) is 14.0 Å². The van der Waals surface area contributed by atoms with E-state index in [-0.39, 0.29) is 79.4 Å². The zero-order chi connectivity index (χ0) is 59.0. The molecule has 77 heavy (non-hydrogen) atoms. The van der Waals surface area contributed by atoms with Crippen LogP contribution in [0, 0.1) is 6.07 Å². The van der Waals surface area contributed by atoms with Crippen LogP contribution in [0.1, 0.15) is 135 Å². The van der Waals surface area contributed by atoms with E-state index in [0.717, 1.165) is 25.7 Å². The first kappa shape index (κ1) is 65.9. The van der Waals surface area contributed by atoms with Crippen molar-refractivity contribution in [2.75, 3.05) is 19.6 Å². The highest BCUT2D eigenvalue weighted by molar-refractivity contribution is 6.39. The van der Waals surface area contributed by atoms with Gasteiger partial charge in [0.25, 0.3) is 0 Å². The lowest BCUT2D eigenvalue weighted by atomic mass is 9.89. The third-order valence-electron chi connectivity index (χ3n) is 12.0. The molecule has 0 aliphatic carbocycles. The minimum Gasteiger partial charge on any atom is -0.490 e. The highest BCUT2D eigenvalue weighted by Crippen LogP contribution is 2.49. The molecule has 0 N–H and O–H groups in total. The number of quaternary nitrogens is 1. The van der Waals surface area contributed by atoms with E-state index < -0.39 is 142 Å². The number of alkyl halides is 24. The molecule has 4 aromatic carbocycles. The molecule has 0 heterocycles. The van der Waals surface area contributed by atoms with Gasteiger partial charge in [-0.1, -0.05) is 56.6 Å². The van der Waals surface area contributed by atoms with Crippen molar-refractivity contribution in [2.45, 2.75) is 135 Å². The van der Waals surface area contributed by atoms with Crippen LogP contribution < -0.4 is 14.0 Å². The molecule has 1 atom stereocenters. The molecule has 0 aliphatic heterocycles. The second kappa shape index (κ2) is 25.2. The number of hydrogen-bond donors (Lipinski definition) is 0. The van der Waals surface area contributed by atoms with Crippen LogP contribution >= 0.6 is 0 Å². The van der Waals surface area contributed by atoms with Crippen molar-refractivity contribution in [1.82, 2.24) is 0 Å². The van der Waals surface area contributed by atoms with Gasteiger partial charge in [0.15, 0.2) is 0 Å². The average molecular weight is 1150 g/mol. The minimum absolute atomic E-state index is 0.00172. The number of hydrogen-bond acceptors (Lipinski definition) is 3. The van der Waals surface area contributed by atoms with E-state index in [2.05, 4.69) is 0 Å². The van der Waals surface area contributed by atoms with Gasteiger partial charge in [0, 0.05) is 6.42 Å². The van der Waals surface area contributed by atoms with Crippen LogP contribution in [0.5, 0.6) is 17.2 Å². The molecule has 0 fully saturated rings. The van der Waals surface area contributed by atoms with Crippen molar-refractivity contribution in [3.05, 3.63) is 123 Å². The van der Waals surface area contributed by atoms with E-state index in [1.54, 1.807) is 26.8 Å². The van der Waals surface area contributed by atoms with E-state index in [1.807, 2.05) is 6.92 Å². The van der Waals surface area contributed by atoms with Gasteiger partial charge in [-0.2, -0.15) is 124 Å². The summed E-state index contributed by atoms with van der Waals surface area (Å²) in [7, 11) is -3.27. The Hall–Kier alpha value is -5.38. The van der Waals surface area contributed by atoms with Gasteiger partial charge in [0.05, 0.1) is 58.6 Å². The van der Waals surface area contributed by atoms with Crippen LogP contribution in [-0.2, 0) is 49.4 Å². The molecule has 4 nitrogen and oxygen atoms in total. The Kier molecular flexibility index (Phi) is 21.5. The van der Waals surface area contributed by atoms with Gasteiger partial charge >= 0.3 is 56.7 Å². The lowest BCUT2D eigenvalue weighted by Crippen LogP contribution is -2.51. The van der Waals surface area contributed by atoms with Gasteiger partial charge < -0.3 is 18.4 Å². The Labute approximate surface area is 425 Å². The third-order valence-corrected chi connectivity index (χ3v) is 12.0. The van der Waals surface area contributed by atoms with Crippen LogP contribution in [0.15, 0.2) is 66.7 Å². The van der Waals surface area contributed by atoms with Gasteiger partial charge in [-0.25, -0.2) is 0 Å². The Morgan fingerprint density at radius 3 is 1.04 bits per heavy atom. The molecule has 4 rings (SSSR count). The molecule has 0 aliphatic rings. The van der Waals surface area contributed by atoms with E-state index >= 15 is 13.2 Å². The number of rotatable bonds is 19. The predicted octanol–water partition coefficient (Wildman–Crippen LogP) is 18.9. The first-order valence-corrected chi connectivity index (χ1v) is 22.9. The average Bonchev–Trinajstić information content (AvgIpc) is 3.29. The van der Waals surface area contributed by atoms with Crippen LogP contribution in [0.25, 0.3) is 0 Å². The SMILES string of the molecule is CCCCCCCCCC(c1c(OB(Oc2cc(C(F)(F)F)cc(C(F)(F)F)c2)Oc2cc(C(F)(F)F)cc(C(F)(F)F)c2)cc(C(F)(F)F)cc1C(F)(F)F)[N+](CC)(CC)CC.FC(F)(F)c1c[c-]cc(C(F)(F)F)c1. The number of benzene rings is 4. The fourth-order valence-corrected chi connectivity index (χ4v) is 7.97. The number of nitrogens with zero attached hydrogens (tertiary/aromatic N) is 1. The topological polar surface area (TPSA) is 27.7 Å². The number of unbranched alkanes of at least 4 members (excludes halogenated alkanes) is 6. The summed E-state index contributed by atoms with van der Waals surface area (Å²) >= 11 is 0. The van der Waals surface area contributed by atoms with Crippen molar-refractivity contribution >= 4 is 7.32 Å². The molecule has 0 saturated heterocycles.